The van der Waals surface area contributed by atoms with Crippen LogP contribution in [0.1, 0.15) is 6.92 Å². The van der Waals surface area contributed by atoms with E-state index in [0.29, 0.717) is 5.69 Å². The molecule has 2 N–H and O–H groups in total. The Morgan fingerprint density at radius 1 is 1.46 bits per heavy atom. The molecule has 0 heterocycles. The molecule has 0 saturated heterocycles. The minimum atomic E-state index is -0.940. The molecule has 1 atom stereocenters. The van der Waals surface area contributed by atoms with E-state index in [1.807, 2.05) is 0 Å². The van der Waals surface area contributed by atoms with Crippen LogP contribution in [0.3, 0.4) is 0 Å². The molecule has 3 nitrogen and oxygen atoms in total. The third-order valence-electron chi connectivity index (χ3n) is 1.60. The van der Waals surface area contributed by atoms with Gasteiger partial charge in [0.15, 0.2) is 0 Å². The fourth-order valence-electron chi connectivity index (χ4n) is 0.858. The highest BCUT2D eigenvalue weighted by atomic mass is 19.1. The number of anilines is 1. The Labute approximate surface area is 75.2 Å². The first-order chi connectivity index (χ1) is 6.09. The van der Waals surface area contributed by atoms with E-state index in [4.69, 9.17) is 5.11 Å². The quantitative estimate of drug-likeness (QED) is 0.750. The maximum atomic E-state index is 12.4. The first-order valence-electron chi connectivity index (χ1n) is 3.84. The topological polar surface area (TPSA) is 49.3 Å². The summed E-state index contributed by atoms with van der Waals surface area (Å²) in [6, 6.07) is 4.86. The van der Waals surface area contributed by atoms with Gasteiger partial charge in [0.2, 0.25) is 0 Å². The predicted molar refractivity (Wildman–Crippen MR) is 47.1 cm³/mol. The van der Waals surface area contributed by atoms with Crippen LogP contribution in [0.2, 0.25) is 0 Å². The van der Waals surface area contributed by atoms with Gasteiger partial charge in [-0.25, -0.2) is 4.39 Å². The maximum Gasteiger partial charge on any atom is 0.325 e. The van der Waals surface area contributed by atoms with E-state index in [1.165, 1.54) is 31.2 Å². The number of hydrogen-bond acceptors (Lipinski definition) is 2. The van der Waals surface area contributed by atoms with E-state index in [0.717, 1.165) is 0 Å². The van der Waals surface area contributed by atoms with Crippen molar-refractivity contribution in [3.8, 4) is 0 Å². The van der Waals surface area contributed by atoms with Crippen molar-refractivity contribution in [3.63, 3.8) is 0 Å². The number of nitrogens with one attached hydrogen (secondary N) is 1. The van der Waals surface area contributed by atoms with Crippen molar-refractivity contribution >= 4 is 11.7 Å². The van der Waals surface area contributed by atoms with E-state index < -0.39 is 12.0 Å². The number of carboxylic acid groups (broad SMARTS) is 1. The van der Waals surface area contributed by atoms with Gasteiger partial charge in [0.25, 0.3) is 0 Å². The van der Waals surface area contributed by atoms with Gasteiger partial charge >= 0.3 is 5.97 Å². The Morgan fingerprint density at radius 2 is 2.00 bits per heavy atom. The number of carboxylic acids is 1. The molecule has 13 heavy (non-hydrogen) atoms. The number of aliphatic carboxylic acids is 1. The van der Waals surface area contributed by atoms with Crippen molar-refractivity contribution in [2.45, 2.75) is 13.0 Å². The summed E-state index contributed by atoms with van der Waals surface area (Å²) in [5.41, 5.74) is 0.594. The summed E-state index contributed by atoms with van der Waals surface area (Å²) >= 11 is 0. The molecule has 0 radical (unpaired) electrons. The molecule has 0 spiro atoms. The zero-order valence-electron chi connectivity index (χ0n) is 7.12. The molecule has 0 saturated carbocycles. The first-order valence-corrected chi connectivity index (χ1v) is 3.84. The molecule has 4 heteroatoms. The Balaban J connectivity index is 2.64. The van der Waals surface area contributed by atoms with Gasteiger partial charge in [0.05, 0.1) is 0 Å². The fourth-order valence-corrected chi connectivity index (χ4v) is 0.858. The molecule has 0 fully saturated rings. The Hall–Kier alpha value is -1.58. The molecule has 70 valence electrons. The molecular formula is C9H10FNO2. The number of carbonyl (C=O) groups is 1. The second kappa shape index (κ2) is 3.89. The van der Waals surface area contributed by atoms with Crippen molar-refractivity contribution in [2.24, 2.45) is 0 Å². The molecule has 0 bridgehead atoms. The molecule has 0 amide bonds. The summed E-state index contributed by atoms with van der Waals surface area (Å²) < 4.78 is 12.4. The Bertz CT molecular complexity index is 297. The van der Waals surface area contributed by atoms with E-state index >= 15 is 0 Å². The van der Waals surface area contributed by atoms with Crippen LogP contribution < -0.4 is 5.32 Å². The normalized spacial score (nSPS) is 12.2. The van der Waals surface area contributed by atoms with Gasteiger partial charge in [-0.15, -0.1) is 0 Å². The van der Waals surface area contributed by atoms with Crippen LogP contribution in [0.25, 0.3) is 0 Å². The van der Waals surface area contributed by atoms with Crippen molar-refractivity contribution < 1.29 is 14.3 Å². The third kappa shape index (κ3) is 2.74. The number of hydrogen-bond donors (Lipinski definition) is 2. The van der Waals surface area contributed by atoms with Gasteiger partial charge in [-0.05, 0) is 31.2 Å². The summed E-state index contributed by atoms with van der Waals surface area (Å²) in [7, 11) is 0. The van der Waals surface area contributed by atoms with Crippen LogP contribution >= 0.6 is 0 Å². The predicted octanol–water partition coefficient (Wildman–Crippen LogP) is 1.71. The number of benzene rings is 1. The Morgan fingerprint density at radius 3 is 2.46 bits per heavy atom. The average molecular weight is 183 g/mol. The highest BCUT2D eigenvalue weighted by molar-refractivity contribution is 5.76. The lowest BCUT2D eigenvalue weighted by Crippen LogP contribution is -2.25. The summed E-state index contributed by atoms with van der Waals surface area (Å²) in [5.74, 6) is -1.28. The highest BCUT2D eigenvalue weighted by Crippen LogP contribution is 2.09. The van der Waals surface area contributed by atoms with E-state index in [2.05, 4.69) is 5.32 Å². The van der Waals surface area contributed by atoms with Gasteiger partial charge in [-0.3, -0.25) is 4.79 Å². The molecule has 0 unspecified atom stereocenters. The second-order valence-corrected chi connectivity index (χ2v) is 2.71. The average Bonchev–Trinajstić information content (AvgIpc) is 2.08. The van der Waals surface area contributed by atoms with Gasteiger partial charge in [0, 0.05) is 5.69 Å². The second-order valence-electron chi connectivity index (χ2n) is 2.71. The molecular weight excluding hydrogens is 173 g/mol. The number of rotatable bonds is 3. The maximum absolute atomic E-state index is 12.4. The third-order valence-corrected chi connectivity index (χ3v) is 1.60. The summed E-state index contributed by atoms with van der Waals surface area (Å²) in [6.45, 7) is 1.52. The molecule has 1 rings (SSSR count). The lowest BCUT2D eigenvalue weighted by Gasteiger charge is -2.09. The van der Waals surface area contributed by atoms with Crippen molar-refractivity contribution in [1.82, 2.24) is 0 Å². The van der Waals surface area contributed by atoms with Crippen molar-refractivity contribution in [2.75, 3.05) is 5.32 Å². The van der Waals surface area contributed by atoms with Crippen LogP contribution in [-0.2, 0) is 4.79 Å². The molecule has 1 aromatic carbocycles. The fraction of sp³-hybridized carbons (Fsp3) is 0.222. The van der Waals surface area contributed by atoms with E-state index in [9.17, 15) is 9.18 Å². The monoisotopic (exact) mass is 183 g/mol. The van der Waals surface area contributed by atoms with Crippen molar-refractivity contribution in [1.29, 1.82) is 0 Å². The molecule has 0 aliphatic heterocycles. The van der Waals surface area contributed by atoms with Crippen LogP contribution in [0.4, 0.5) is 10.1 Å². The van der Waals surface area contributed by atoms with Crippen molar-refractivity contribution in [3.05, 3.63) is 30.1 Å². The standard InChI is InChI=1S/C9H10FNO2/c1-6(9(12)13)11-8-4-2-7(10)3-5-8/h2-6,11H,1H3,(H,12,13)/t6-/m0/s1. The van der Waals surface area contributed by atoms with Gasteiger partial charge in [-0.2, -0.15) is 0 Å². The lowest BCUT2D eigenvalue weighted by molar-refractivity contribution is -0.137. The molecule has 0 aliphatic carbocycles. The zero-order valence-corrected chi connectivity index (χ0v) is 7.12. The highest BCUT2D eigenvalue weighted by Gasteiger charge is 2.09. The minimum Gasteiger partial charge on any atom is -0.480 e. The molecule has 0 aromatic heterocycles. The lowest BCUT2D eigenvalue weighted by atomic mass is 10.2. The smallest absolute Gasteiger partial charge is 0.325 e. The summed E-state index contributed by atoms with van der Waals surface area (Å²) in [4.78, 5) is 10.4. The van der Waals surface area contributed by atoms with Gasteiger partial charge in [0.1, 0.15) is 11.9 Å². The van der Waals surface area contributed by atoms with Crippen LogP contribution in [-0.4, -0.2) is 17.1 Å². The van der Waals surface area contributed by atoms with E-state index in [1.54, 1.807) is 0 Å². The molecule has 1 aromatic rings. The first kappa shape index (κ1) is 9.51. The summed E-state index contributed by atoms with van der Waals surface area (Å²) in [6.07, 6.45) is 0. The van der Waals surface area contributed by atoms with Crippen LogP contribution in [0, 0.1) is 5.82 Å². The van der Waals surface area contributed by atoms with Crippen LogP contribution in [0.5, 0.6) is 0 Å². The largest absolute Gasteiger partial charge is 0.480 e. The summed E-state index contributed by atoms with van der Waals surface area (Å²) in [5, 5.41) is 11.3. The number of halogens is 1. The van der Waals surface area contributed by atoms with E-state index in [-0.39, 0.29) is 5.82 Å². The Kier molecular flexibility index (Phi) is 2.84. The minimum absolute atomic E-state index is 0.339. The van der Waals surface area contributed by atoms with Gasteiger partial charge in [-0.1, -0.05) is 0 Å². The van der Waals surface area contributed by atoms with Crippen LogP contribution in [0.15, 0.2) is 24.3 Å². The SMILES string of the molecule is C[C@H](Nc1ccc(F)cc1)C(=O)O. The zero-order chi connectivity index (χ0) is 9.84. The molecule has 0 aliphatic rings. The van der Waals surface area contributed by atoms with Gasteiger partial charge < -0.3 is 10.4 Å².